The van der Waals surface area contributed by atoms with E-state index in [0.717, 1.165) is 11.3 Å². The minimum Gasteiger partial charge on any atom is -0.345 e. The molecule has 0 atom stereocenters. The number of nitrogens with zero attached hydrogens (tertiary/aromatic N) is 3. The molecule has 3 heterocycles. The lowest BCUT2D eigenvalue weighted by molar-refractivity contribution is 0.0946. The number of benzene rings is 1. The van der Waals surface area contributed by atoms with Crippen LogP contribution >= 0.6 is 0 Å². The number of pyridine rings is 1. The van der Waals surface area contributed by atoms with Gasteiger partial charge in [0.1, 0.15) is 5.65 Å². The van der Waals surface area contributed by atoms with Gasteiger partial charge in [0.2, 0.25) is 0 Å². The van der Waals surface area contributed by atoms with E-state index >= 15 is 0 Å². The molecule has 7 nitrogen and oxygen atoms in total. The van der Waals surface area contributed by atoms with E-state index in [1.54, 1.807) is 24.3 Å². The highest BCUT2D eigenvalue weighted by Crippen LogP contribution is 2.12. The highest BCUT2D eigenvalue weighted by atomic mass is 16.2. The monoisotopic (exact) mass is 319 g/mol. The number of imidazole rings is 1. The Balaban J connectivity index is 1.60. The lowest BCUT2D eigenvalue weighted by Gasteiger charge is -2.05. The first kappa shape index (κ1) is 14.1. The molecule has 7 heteroatoms. The maximum atomic E-state index is 12.4. The third-order valence-electron chi connectivity index (χ3n) is 3.76. The molecule has 0 spiro atoms. The molecule has 0 aliphatic carbocycles. The quantitative estimate of drug-likeness (QED) is 0.598. The van der Waals surface area contributed by atoms with Crippen molar-refractivity contribution in [3.8, 4) is 0 Å². The summed E-state index contributed by atoms with van der Waals surface area (Å²) in [6.07, 6.45) is 3.75. The van der Waals surface area contributed by atoms with Gasteiger partial charge in [0.15, 0.2) is 5.69 Å². The van der Waals surface area contributed by atoms with E-state index in [1.807, 2.05) is 35.0 Å². The third-order valence-corrected chi connectivity index (χ3v) is 3.76. The van der Waals surface area contributed by atoms with Gasteiger partial charge in [-0.1, -0.05) is 24.3 Å². The van der Waals surface area contributed by atoms with Crippen molar-refractivity contribution >= 4 is 22.3 Å². The number of amides is 1. The van der Waals surface area contributed by atoms with Gasteiger partial charge in [-0.05, 0) is 18.2 Å². The lowest BCUT2D eigenvalue weighted by Crippen LogP contribution is -2.26. The van der Waals surface area contributed by atoms with Gasteiger partial charge in [-0.2, -0.15) is 5.10 Å². The van der Waals surface area contributed by atoms with Gasteiger partial charge in [0.05, 0.1) is 17.6 Å². The van der Waals surface area contributed by atoms with Crippen molar-refractivity contribution in [2.45, 2.75) is 6.54 Å². The van der Waals surface area contributed by atoms with Crippen LogP contribution in [-0.4, -0.2) is 25.5 Å². The number of carbonyl (C=O) groups is 1. The van der Waals surface area contributed by atoms with Gasteiger partial charge in [-0.15, -0.1) is 0 Å². The molecule has 4 aromatic rings. The van der Waals surface area contributed by atoms with Crippen LogP contribution in [0.15, 0.2) is 59.7 Å². The van der Waals surface area contributed by atoms with Crippen LogP contribution in [0.25, 0.3) is 16.4 Å². The Kier molecular flexibility index (Phi) is 3.31. The molecule has 0 fully saturated rings. The van der Waals surface area contributed by atoms with E-state index in [-0.39, 0.29) is 23.7 Å². The predicted octanol–water partition coefficient (Wildman–Crippen LogP) is 1.50. The Morgan fingerprint density at radius 1 is 1.12 bits per heavy atom. The number of fused-ring (bicyclic) bond motifs is 2. The second-order valence-corrected chi connectivity index (χ2v) is 5.33. The van der Waals surface area contributed by atoms with Crippen molar-refractivity contribution in [3.05, 3.63) is 76.6 Å². The molecule has 3 aromatic heterocycles. The highest BCUT2D eigenvalue weighted by molar-refractivity contribution is 6.04. The fraction of sp³-hybridized carbons (Fsp3) is 0.0588. The SMILES string of the molecule is O=C(NCc1cn2ccccc2n1)c1n[nH]c(=O)c2ccccc12. The molecular formula is C17H13N5O2. The second-order valence-electron chi connectivity index (χ2n) is 5.33. The molecule has 0 saturated carbocycles. The molecule has 118 valence electrons. The first-order chi connectivity index (χ1) is 11.7. The fourth-order valence-corrected chi connectivity index (χ4v) is 2.61. The summed E-state index contributed by atoms with van der Waals surface area (Å²) in [6, 6.07) is 12.6. The molecule has 0 aliphatic rings. The molecule has 24 heavy (non-hydrogen) atoms. The Bertz CT molecular complexity index is 1080. The predicted molar refractivity (Wildman–Crippen MR) is 88.7 cm³/mol. The zero-order valence-corrected chi connectivity index (χ0v) is 12.6. The van der Waals surface area contributed by atoms with E-state index in [2.05, 4.69) is 20.5 Å². The molecule has 1 amide bonds. The van der Waals surface area contributed by atoms with Crippen LogP contribution in [0.4, 0.5) is 0 Å². The van der Waals surface area contributed by atoms with Gasteiger partial charge in [-0.3, -0.25) is 9.59 Å². The van der Waals surface area contributed by atoms with Crippen molar-refractivity contribution in [1.82, 2.24) is 24.9 Å². The summed E-state index contributed by atoms with van der Waals surface area (Å²) in [5.41, 5.74) is 1.43. The Morgan fingerprint density at radius 2 is 1.92 bits per heavy atom. The maximum Gasteiger partial charge on any atom is 0.272 e. The van der Waals surface area contributed by atoms with Gasteiger partial charge in [0, 0.05) is 17.8 Å². The molecule has 0 aliphatic heterocycles. The van der Waals surface area contributed by atoms with Gasteiger partial charge in [0.25, 0.3) is 11.5 Å². The minimum absolute atomic E-state index is 0.189. The standard InChI is InChI=1S/C17H13N5O2/c23-16-13-6-2-1-5-12(13)15(20-21-16)17(24)18-9-11-10-22-8-4-3-7-14(22)19-11/h1-8,10H,9H2,(H,18,24)(H,21,23). The average Bonchev–Trinajstić information content (AvgIpc) is 3.03. The van der Waals surface area contributed by atoms with Gasteiger partial charge < -0.3 is 9.72 Å². The van der Waals surface area contributed by atoms with Gasteiger partial charge in [-0.25, -0.2) is 10.1 Å². The number of H-pyrrole nitrogens is 1. The molecule has 2 N–H and O–H groups in total. The second kappa shape index (κ2) is 5.62. The van der Waals surface area contributed by atoms with Crippen LogP contribution in [0.5, 0.6) is 0 Å². The zero-order chi connectivity index (χ0) is 16.5. The van der Waals surface area contributed by atoms with E-state index < -0.39 is 0 Å². The summed E-state index contributed by atoms with van der Waals surface area (Å²) >= 11 is 0. The number of aromatic amines is 1. The van der Waals surface area contributed by atoms with Crippen molar-refractivity contribution in [1.29, 1.82) is 0 Å². The highest BCUT2D eigenvalue weighted by Gasteiger charge is 2.14. The number of hydrogen-bond acceptors (Lipinski definition) is 4. The molecule has 0 unspecified atom stereocenters. The molecule has 4 rings (SSSR count). The first-order valence-electron chi connectivity index (χ1n) is 7.40. The lowest BCUT2D eigenvalue weighted by atomic mass is 10.1. The van der Waals surface area contributed by atoms with Crippen LogP contribution < -0.4 is 10.9 Å². The Hall–Kier alpha value is -3.48. The smallest absolute Gasteiger partial charge is 0.272 e. The number of hydrogen-bond donors (Lipinski definition) is 2. The van der Waals surface area contributed by atoms with Crippen LogP contribution in [0.3, 0.4) is 0 Å². The largest absolute Gasteiger partial charge is 0.345 e. The topological polar surface area (TPSA) is 92.2 Å². The summed E-state index contributed by atoms with van der Waals surface area (Å²) in [6.45, 7) is 0.273. The summed E-state index contributed by atoms with van der Waals surface area (Å²) in [4.78, 5) is 28.6. The van der Waals surface area contributed by atoms with Crippen molar-refractivity contribution in [2.75, 3.05) is 0 Å². The first-order valence-corrected chi connectivity index (χ1v) is 7.40. The van der Waals surface area contributed by atoms with Crippen molar-refractivity contribution < 1.29 is 4.79 Å². The van der Waals surface area contributed by atoms with E-state index in [0.29, 0.717) is 10.8 Å². The van der Waals surface area contributed by atoms with E-state index in [9.17, 15) is 9.59 Å². The maximum absolute atomic E-state index is 12.4. The normalized spacial score (nSPS) is 11.0. The number of carbonyl (C=O) groups excluding carboxylic acids is 1. The van der Waals surface area contributed by atoms with Crippen LogP contribution in [0, 0.1) is 0 Å². The van der Waals surface area contributed by atoms with E-state index in [4.69, 9.17) is 0 Å². The minimum atomic E-state index is -0.362. The van der Waals surface area contributed by atoms with Crippen molar-refractivity contribution in [3.63, 3.8) is 0 Å². The summed E-state index contributed by atoms with van der Waals surface area (Å²) in [5, 5.41) is 9.99. The number of rotatable bonds is 3. The molecule has 0 radical (unpaired) electrons. The van der Waals surface area contributed by atoms with Crippen LogP contribution in [0.1, 0.15) is 16.2 Å². The summed E-state index contributed by atoms with van der Waals surface area (Å²) in [5.74, 6) is -0.362. The van der Waals surface area contributed by atoms with Crippen LogP contribution in [0.2, 0.25) is 0 Å². The number of nitrogens with one attached hydrogen (secondary N) is 2. The number of aromatic nitrogens is 4. The molecular weight excluding hydrogens is 306 g/mol. The summed E-state index contributed by atoms with van der Waals surface area (Å²) in [7, 11) is 0. The molecule has 1 aromatic carbocycles. The average molecular weight is 319 g/mol. The summed E-state index contributed by atoms with van der Waals surface area (Å²) < 4.78 is 1.88. The zero-order valence-electron chi connectivity index (χ0n) is 12.6. The van der Waals surface area contributed by atoms with Crippen molar-refractivity contribution in [2.24, 2.45) is 0 Å². The molecule has 0 bridgehead atoms. The van der Waals surface area contributed by atoms with E-state index in [1.165, 1.54) is 0 Å². The Morgan fingerprint density at radius 3 is 2.75 bits per heavy atom. The van der Waals surface area contributed by atoms with Crippen LogP contribution in [-0.2, 0) is 6.54 Å². The fourth-order valence-electron chi connectivity index (χ4n) is 2.61. The third kappa shape index (κ3) is 2.41. The Labute approximate surface area is 136 Å². The molecule has 0 saturated heterocycles. The van der Waals surface area contributed by atoms with Gasteiger partial charge >= 0.3 is 0 Å².